The zero-order valence-corrected chi connectivity index (χ0v) is 14.0. The second-order valence-corrected chi connectivity index (χ2v) is 6.81. The van der Waals surface area contributed by atoms with Crippen LogP contribution in [0.25, 0.3) is 0 Å². The largest absolute Gasteiger partial charge is 0.508 e. The Morgan fingerprint density at radius 3 is 2.22 bits per heavy atom. The van der Waals surface area contributed by atoms with Gasteiger partial charge in [-0.3, -0.25) is 0 Å². The standard InChI is InChI=1S/C21H27NO/c1-22(16-15-17-7-13-21(23)14-8-17)20-11-9-19(10-12-20)18-5-3-2-4-6-18/h2-8,13-14,19-20,23H,9-12,15-16H2,1H3. The minimum Gasteiger partial charge on any atom is -0.508 e. The van der Waals surface area contributed by atoms with Gasteiger partial charge in [0.2, 0.25) is 0 Å². The lowest BCUT2D eigenvalue weighted by molar-refractivity contribution is 0.184. The van der Waals surface area contributed by atoms with E-state index < -0.39 is 0 Å². The van der Waals surface area contributed by atoms with Crippen molar-refractivity contribution in [1.29, 1.82) is 0 Å². The number of hydrogen-bond donors (Lipinski definition) is 1. The fourth-order valence-electron chi connectivity index (χ4n) is 3.73. The first-order valence-electron chi connectivity index (χ1n) is 8.75. The van der Waals surface area contributed by atoms with Crippen molar-refractivity contribution < 1.29 is 5.11 Å². The van der Waals surface area contributed by atoms with E-state index in [1.807, 2.05) is 12.1 Å². The molecule has 0 unspecified atom stereocenters. The van der Waals surface area contributed by atoms with Gasteiger partial charge in [-0.15, -0.1) is 0 Å². The minimum atomic E-state index is 0.348. The molecule has 1 aliphatic rings. The van der Waals surface area contributed by atoms with Crippen LogP contribution in [0.4, 0.5) is 0 Å². The quantitative estimate of drug-likeness (QED) is 0.873. The van der Waals surface area contributed by atoms with Crippen LogP contribution in [0.1, 0.15) is 42.7 Å². The van der Waals surface area contributed by atoms with Gasteiger partial charge in [0.1, 0.15) is 5.75 Å². The first kappa shape index (κ1) is 16.1. The van der Waals surface area contributed by atoms with Gasteiger partial charge in [0.15, 0.2) is 0 Å². The molecule has 1 saturated carbocycles. The molecule has 1 fully saturated rings. The van der Waals surface area contributed by atoms with Gasteiger partial charge >= 0.3 is 0 Å². The molecule has 0 radical (unpaired) electrons. The maximum Gasteiger partial charge on any atom is 0.115 e. The topological polar surface area (TPSA) is 23.5 Å². The van der Waals surface area contributed by atoms with Crippen molar-refractivity contribution in [2.75, 3.05) is 13.6 Å². The molecule has 0 aromatic heterocycles. The molecule has 0 heterocycles. The highest BCUT2D eigenvalue weighted by atomic mass is 16.3. The van der Waals surface area contributed by atoms with Gasteiger partial charge < -0.3 is 10.0 Å². The summed E-state index contributed by atoms with van der Waals surface area (Å²) in [6.07, 6.45) is 6.25. The highest BCUT2D eigenvalue weighted by molar-refractivity contribution is 5.26. The van der Waals surface area contributed by atoms with Crippen molar-refractivity contribution in [1.82, 2.24) is 4.90 Å². The number of likely N-dealkylation sites (N-methyl/N-ethyl adjacent to an activating group) is 1. The Morgan fingerprint density at radius 1 is 0.913 bits per heavy atom. The summed E-state index contributed by atoms with van der Waals surface area (Å²) in [4.78, 5) is 2.52. The van der Waals surface area contributed by atoms with Crippen molar-refractivity contribution in [2.45, 2.75) is 44.1 Å². The maximum atomic E-state index is 9.35. The maximum absolute atomic E-state index is 9.35. The van der Waals surface area contributed by atoms with E-state index in [0.29, 0.717) is 11.8 Å². The van der Waals surface area contributed by atoms with Crippen LogP contribution in [-0.2, 0) is 6.42 Å². The second kappa shape index (κ2) is 7.65. The van der Waals surface area contributed by atoms with Gasteiger partial charge in [-0.1, -0.05) is 42.5 Å². The van der Waals surface area contributed by atoms with Crippen molar-refractivity contribution in [3.05, 3.63) is 65.7 Å². The third kappa shape index (κ3) is 4.35. The molecule has 3 rings (SSSR count). The predicted octanol–water partition coefficient (Wildman–Crippen LogP) is 4.59. The summed E-state index contributed by atoms with van der Waals surface area (Å²) >= 11 is 0. The lowest BCUT2D eigenvalue weighted by Gasteiger charge is -2.35. The fraction of sp³-hybridized carbons (Fsp3) is 0.429. The summed E-state index contributed by atoms with van der Waals surface area (Å²) in [7, 11) is 2.26. The molecule has 2 nitrogen and oxygen atoms in total. The molecule has 0 amide bonds. The molecule has 1 N–H and O–H groups in total. The predicted molar refractivity (Wildman–Crippen MR) is 95.9 cm³/mol. The van der Waals surface area contributed by atoms with Crippen LogP contribution >= 0.6 is 0 Å². The summed E-state index contributed by atoms with van der Waals surface area (Å²) in [6, 6.07) is 19.3. The Morgan fingerprint density at radius 2 is 1.57 bits per heavy atom. The third-order valence-corrected chi connectivity index (χ3v) is 5.28. The van der Waals surface area contributed by atoms with E-state index in [-0.39, 0.29) is 0 Å². The summed E-state index contributed by atoms with van der Waals surface area (Å²) in [5, 5.41) is 9.35. The first-order valence-corrected chi connectivity index (χ1v) is 8.75. The van der Waals surface area contributed by atoms with Crippen molar-refractivity contribution in [3.63, 3.8) is 0 Å². The van der Waals surface area contributed by atoms with Crippen molar-refractivity contribution >= 4 is 0 Å². The second-order valence-electron chi connectivity index (χ2n) is 6.81. The number of rotatable bonds is 5. The van der Waals surface area contributed by atoms with E-state index in [1.165, 1.54) is 36.8 Å². The van der Waals surface area contributed by atoms with E-state index in [0.717, 1.165) is 18.9 Å². The van der Waals surface area contributed by atoms with E-state index in [1.54, 1.807) is 12.1 Å². The van der Waals surface area contributed by atoms with Crippen LogP contribution in [0.5, 0.6) is 5.75 Å². The number of hydrogen-bond acceptors (Lipinski definition) is 2. The van der Waals surface area contributed by atoms with E-state index >= 15 is 0 Å². The molecule has 0 bridgehead atoms. The molecular weight excluding hydrogens is 282 g/mol. The zero-order chi connectivity index (χ0) is 16.1. The van der Waals surface area contributed by atoms with E-state index in [9.17, 15) is 5.11 Å². The van der Waals surface area contributed by atoms with Crippen LogP contribution < -0.4 is 0 Å². The number of aromatic hydroxyl groups is 1. The Kier molecular flexibility index (Phi) is 5.35. The van der Waals surface area contributed by atoms with Gasteiger partial charge in [-0.05, 0) is 68.3 Å². The van der Waals surface area contributed by atoms with Gasteiger partial charge in [0, 0.05) is 12.6 Å². The van der Waals surface area contributed by atoms with E-state index in [2.05, 4.69) is 42.3 Å². The summed E-state index contributed by atoms with van der Waals surface area (Å²) in [5.41, 5.74) is 2.81. The highest BCUT2D eigenvalue weighted by Crippen LogP contribution is 2.34. The SMILES string of the molecule is CN(CCc1ccc(O)cc1)C1CCC(c2ccccc2)CC1. The lowest BCUT2D eigenvalue weighted by atomic mass is 9.81. The van der Waals surface area contributed by atoms with E-state index in [4.69, 9.17) is 0 Å². The monoisotopic (exact) mass is 309 g/mol. The van der Waals surface area contributed by atoms with Gasteiger partial charge in [0.05, 0.1) is 0 Å². The Labute approximate surface area is 139 Å². The van der Waals surface area contributed by atoms with Crippen LogP contribution in [0.2, 0.25) is 0 Å². The number of benzene rings is 2. The molecule has 23 heavy (non-hydrogen) atoms. The molecule has 2 aromatic rings. The van der Waals surface area contributed by atoms with Crippen molar-refractivity contribution in [2.24, 2.45) is 0 Å². The van der Waals surface area contributed by atoms with Gasteiger partial charge in [-0.2, -0.15) is 0 Å². The summed E-state index contributed by atoms with van der Waals surface area (Å²) in [5.74, 6) is 1.10. The summed E-state index contributed by atoms with van der Waals surface area (Å²) < 4.78 is 0. The Bertz CT molecular complexity index is 585. The lowest BCUT2D eigenvalue weighted by Crippen LogP contribution is -2.36. The molecular formula is C21H27NO. The number of phenols is 1. The molecule has 0 atom stereocenters. The summed E-state index contributed by atoms with van der Waals surface area (Å²) in [6.45, 7) is 1.09. The van der Waals surface area contributed by atoms with Crippen LogP contribution in [-0.4, -0.2) is 29.6 Å². The highest BCUT2D eigenvalue weighted by Gasteiger charge is 2.24. The Hall–Kier alpha value is -1.80. The number of nitrogens with zero attached hydrogens (tertiary/aromatic N) is 1. The zero-order valence-electron chi connectivity index (χ0n) is 14.0. The van der Waals surface area contributed by atoms with Crippen LogP contribution in [0.15, 0.2) is 54.6 Å². The normalized spacial score (nSPS) is 21.5. The van der Waals surface area contributed by atoms with Crippen LogP contribution in [0.3, 0.4) is 0 Å². The molecule has 2 heteroatoms. The third-order valence-electron chi connectivity index (χ3n) is 5.28. The molecule has 1 aliphatic carbocycles. The minimum absolute atomic E-state index is 0.348. The van der Waals surface area contributed by atoms with Gasteiger partial charge in [0.25, 0.3) is 0 Å². The number of phenolic OH excluding ortho intramolecular Hbond substituents is 1. The average Bonchev–Trinajstić information content (AvgIpc) is 2.62. The molecule has 0 saturated heterocycles. The fourth-order valence-corrected chi connectivity index (χ4v) is 3.73. The smallest absolute Gasteiger partial charge is 0.115 e. The molecule has 0 spiro atoms. The van der Waals surface area contributed by atoms with Gasteiger partial charge in [-0.25, -0.2) is 0 Å². The van der Waals surface area contributed by atoms with Crippen molar-refractivity contribution in [3.8, 4) is 5.75 Å². The average molecular weight is 309 g/mol. The molecule has 122 valence electrons. The van der Waals surface area contributed by atoms with Crippen LogP contribution in [0, 0.1) is 0 Å². The molecule has 0 aliphatic heterocycles. The Balaban J connectivity index is 1.46. The molecule has 2 aromatic carbocycles. The first-order chi connectivity index (χ1) is 11.2.